The lowest BCUT2D eigenvalue weighted by atomic mass is 9.73. The maximum absolute atomic E-state index is 10.4. The van der Waals surface area contributed by atoms with Crippen LogP contribution in [0, 0.1) is 23.7 Å². The van der Waals surface area contributed by atoms with Gasteiger partial charge in [0.15, 0.2) is 0 Å². The lowest BCUT2D eigenvalue weighted by molar-refractivity contribution is -0.0667. The van der Waals surface area contributed by atoms with Crippen LogP contribution in [0.2, 0.25) is 0 Å². The van der Waals surface area contributed by atoms with Gasteiger partial charge in [-0.05, 0) is 49.4 Å². The fourth-order valence-corrected chi connectivity index (χ4v) is 3.81. The van der Waals surface area contributed by atoms with Crippen molar-refractivity contribution < 1.29 is 10.2 Å². The highest BCUT2D eigenvalue weighted by Gasteiger charge is 2.34. The zero-order chi connectivity index (χ0) is 13.1. The van der Waals surface area contributed by atoms with Gasteiger partial charge in [0.25, 0.3) is 0 Å². The first-order valence-corrected chi connectivity index (χ1v) is 7.94. The molecule has 0 saturated heterocycles. The molecule has 0 aliphatic heterocycles. The van der Waals surface area contributed by atoms with Crippen LogP contribution in [0.1, 0.15) is 65.2 Å². The summed E-state index contributed by atoms with van der Waals surface area (Å²) >= 11 is 0. The van der Waals surface area contributed by atoms with Crippen LogP contribution in [0.3, 0.4) is 0 Å². The van der Waals surface area contributed by atoms with Gasteiger partial charge in [-0.2, -0.15) is 0 Å². The van der Waals surface area contributed by atoms with Crippen LogP contribution in [0.15, 0.2) is 0 Å². The third-order valence-corrected chi connectivity index (χ3v) is 5.44. The molecule has 18 heavy (non-hydrogen) atoms. The fourth-order valence-electron chi connectivity index (χ4n) is 3.81. The standard InChI is InChI=1S/C16H30O2/c1-11-3-7-13(8-4-11)15(17)16(18)14-9-5-12(2)6-10-14/h11-18H,3-10H2,1-2H3. The van der Waals surface area contributed by atoms with E-state index in [4.69, 9.17) is 0 Å². The van der Waals surface area contributed by atoms with Crippen molar-refractivity contribution in [3.8, 4) is 0 Å². The van der Waals surface area contributed by atoms with Gasteiger partial charge in [-0.3, -0.25) is 0 Å². The highest BCUT2D eigenvalue weighted by molar-refractivity contribution is 4.86. The van der Waals surface area contributed by atoms with Crippen LogP contribution >= 0.6 is 0 Å². The van der Waals surface area contributed by atoms with E-state index in [1.54, 1.807) is 0 Å². The third-order valence-electron chi connectivity index (χ3n) is 5.44. The van der Waals surface area contributed by atoms with Crippen LogP contribution in [-0.2, 0) is 0 Å². The summed E-state index contributed by atoms with van der Waals surface area (Å²) in [5, 5.41) is 20.8. The number of rotatable bonds is 3. The third kappa shape index (κ3) is 3.48. The molecule has 0 radical (unpaired) electrons. The van der Waals surface area contributed by atoms with Crippen molar-refractivity contribution in [1.29, 1.82) is 0 Å². The minimum absolute atomic E-state index is 0.343. The van der Waals surface area contributed by atoms with Gasteiger partial charge in [0.05, 0.1) is 12.2 Å². The Hall–Kier alpha value is -0.0800. The maximum atomic E-state index is 10.4. The molecule has 0 amide bonds. The molecule has 2 unspecified atom stereocenters. The van der Waals surface area contributed by atoms with E-state index in [1.807, 2.05) is 0 Å². The smallest absolute Gasteiger partial charge is 0.0829 e. The average molecular weight is 254 g/mol. The summed E-state index contributed by atoms with van der Waals surface area (Å²) in [4.78, 5) is 0. The molecule has 2 rings (SSSR count). The summed E-state index contributed by atoms with van der Waals surface area (Å²) in [5.41, 5.74) is 0. The monoisotopic (exact) mass is 254 g/mol. The molecule has 0 aromatic carbocycles. The normalized spacial score (nSPS) is 41.3. The van der Waals surface area contributed by atoms with E-state index >= 15 is 0 Å². The van der Waals surface area contributed by atoms with E-state index in [0.717, 1.165) is 37.5 Å². The highest BCUT2D eigenvalue weighted by Crippen LogP contribution is 2.36. The second-order valence-electron chi connectivity index (χ2n) is 7.02. The van der Waals surface area contributed by atoms with Gasteiger partial charge in [-0.15, -0.1) is 0 Å². The molecule has 0 aromatic heterocycles. The Morgan fingerprint density at radius 1 is 0.611 bits per heavy atom. The van der Waals surface area contributed by atoms with Gasteiger partial charge in [-0.1, -0.05) is 39.5 Å². The Kier molecular flexibility index (Phi) is 5.08. The molecule has 0 aromatic rings. The molecule has 2 aliphatic rings. The number of hydrogen-bond donors (Lipinski definition) is 2. The Bertz CT molecular complexity index is 211. The fraction of sp³-hybridized carbons (Fsp3) is 1.00. The van der Waals surface area contributed by atoms with Crippen LogP contribution in [-0.4, -0.2) is 22.4 Å². The Labute approximate surface area is 112 Å². The van der Waals surface area contributed by atoms with E-state index in [9.17, 15) is 10.2 Å². The molecule has 2 heteroatoms. The maximum Gasteiger partial charge on any atom is 0.0829 e. The van der Waals surface area contributed by atoms with Crippen molar-refractivity contribution in [3.63, 3.8) is 0 Å². The molecular formula is C16H30O2. The van der Waals surface area contributed by atoms with Gasteiger partial charge < -0.3 is 10.2 Å². The molecule has 2 fully saturated rings. The second kappa shape index (κ2) is 6.38. The minimum Gasteiger partial charge on any atom is -0.390 e. The van der Waals surface area contributed by atoms with Crippen LogP contribution < -0.4 is 0 Å². The van der Waals surface area contributed by atoms with Gasteiger partial charge >= 0.3 is 0 Å². The zero-order valence-electron chi connectivity index (χ0n) is 12.0. The van der Waals surface area contributed by atoms with E-state index in [-0.39, 0.29) is 0 Å². The molecule has 0 heterocycles. The van der Waals surface area contributed by atoms with Gasteiger partial charge in [0.1, 0.15) is 0 Å². The summed E-state index contributed by atoms with van der Waals surface area (Å²) in [7, 11) is 0. The number of hydrogen-bond acceptors (Lipinski definition) is 2. The first-order valence-electron chi connectivity index (χ1n) is 7.94. The Morgan fingerprint density at radius 2 is 0.889 bits per heavy atom. The lowest BCUT2D eigenvalue weighted by Gasteiger charge is -2.37. The summed E-state index contributed by atoms with van der Waals surface area (Å²) < 4.78 is 0. The number of aliphatic hydroxyl groups excluding tert-OH is 2. The quantitative estimate of drug-likeness (QED) is 0.810. The predicted octanol–water partition coefficient (Wildman–Crippen LogP) is 3.36. The van der Waals surface area contributed by atoms with Crippen LogP contribution in [0.4, 0.5) is 0 Å². The molecule has 106 valence electrons. The zero-order valence-corrected chi connectivity index (χ0v) is 12.0. The van der Waals surface area contributed by atoms with Gasteiger partial charge in [-0.25, -0.2) is 0 Å². The molecule has 0 spiro atoms. The molecule has 2 atom stereocenters. The van der Waals surface area contributed by atoms with Crippen LogP contribution in [0.25, 0.3) is 0 Å². The van der Waals surface area contributed by atoms with Gasteiger partial charge in [0, 0.05) is 0 Å². The second-order valence-corrected chi connectivity index (χ2v) is 7.02. The molecular weight excluding hydrogens is 224 g/mol. The minimum atomic E-state index is -0.476. The van der Waals surface area contributed by atoms with E-state index in [1.165, 1.54) is 25.7 Å². The first kappa shape index (κ1) is 14.3. The summed E-state index contributed by atoms with van der Waals surface area (Å²) in [5.74, 6) is 2.30. The Morgan fingerprint density at radius 3 is 1.17 bits per heavy atom. The van der Waals surface area contributed by atoms with Crippen molar-refractivity contribution in [1.82, 2.24) is 0 Å². The first-order chi connectivity index (χ1) is 8.58. The lowest BCUT2D eigenvalue weighted by Crippen LogP contribution is -2.41. The molecule has 2 nitrogen and oxygen atoms in total. The van der Waals surface area contributed by atoms with E-state index in [0.29, 0.717) is 11.8 Å². The summed E-state index contributed by atoms with van der Waals surface area (Å²) in [6.45, 7) is 4.59. The topological polar surface area (TPSA) is 40.5 Å². The summed E-state index contributed by atoms with van der Waals surface area (Å²) in [6.07, 6.45) is 8.32. The highest BCUT2D eigenvalue weighted by atomic mass is 16.3. The Balaban J connectivity index is 1.82. The average Bonchev–Trinajstić information content (AvgIpc) is 2.39. The molecule has 0 bridgehead atoms. The van der Waals surface area contributed by atoms with Crippen LogP contribution in [0.5, 0.6) is 0 Å². The number of aliphatic hydroxyl groups is 2. The SMILES string of the molecule is CC1CCC(C(O)C(O)C2CCC(C)CC2)CC1. The van der Waals surface area contributed by atoms with Crippen molar-refractivity contribution in [2.45, 2.75) is 77.4 Å². The van der Waals surface area contributed by atoms with Crippen molar-refractivity contribution in [2.75, 3.05) is 0 Å². The van der Waals surface area contributed by atoms with Crippen molar-refractivity contribution in [3.05, 3.63) is 0 Å². The van der Waals surface area contributed by atoms with Crippen molar-refractivity contribution in [2.24, 2.45) is 23.7 Å². The van der Waals surface area contributed by atoms with E-state index < -0.39 is 12.2 Å². The molecule has 2 N–H and O–H groups in total. The largest absolute Gasteiger partial charge is 0.390 e. The molecule has 2 aliphatic carbocycles. The predicted molar refractivity (Wildman–Crippen MR) is 74.3 cm³/mol. The van der Waals surface area contributed by atoms with Gasteiger partial charge in [0.2, 0.25) is 0 Å². The van der Waals surface area contributed by atoms with E-state index in [2.05, 4.69) is 13.8 Å². The van der Waals surface area contributed by atoms with Crippen molar-refractivity contribution >= 4 is 0 Å². The molecule has 2 saturated carbocycles. The summed E-state index contributed by atoms with van der Waals surface area (Å²) in [6, 6.07) is 0.